The summed E-state index contributed by atoms with van der Waals surface area (Å²) in [7, 11) is 0. The molecule has 1 amide bonds. The highest BCUT2D eigenvalue weighted by molar-refractivity contribution is 5.78. The van der Waals surface area contributed by atoms with Crippen LogP contribution in [0, 0.1) is 11.8 Å². The van der Waals surface area contributed by atoms with E-state index in [4.69, 9.17) is 5.73 Å². The quantitative estimate of drug-likeness (QED) is 0.559. The Bertz CT molecular complexity index is 220. The molecule has 1 heterocycles. The molecule has 74 valence electrons. The Kier molecular flexibility index (Phi) is 2.26. The predicted octanol–water partition coefficient (Wildman–Crippen LogP) is -0.826. The van der Waals surface area contributed by atoms with Gasteiger partial charge < -0.3 is 15.7 Å². The van der Waals surface area contributed by atoms with E-state index in [-0.39, 0.29) is 18.6 Å². The van der Waals surface area contributed by atoms with E-state index in [0.29, 0.717) is 18.4 Å². The lowest BCUT2D eigenvalue weighted by Gasteiger charge is -2.17. The summed E-state index contributed by atoms with van der Waals surface area (Å²) in [6.45, 7) is 1.61. The van der Waals surface area contributed by atoms with Gasteiger partial charge in [0.05, 0.1) is 12.6 Å². The van der Waals surface area contributed by atoms with Crippen molar-refractivity contribution in [1.82, 2.24) is 4.90 Å². The van der Waals surface area contributed by atoms with Crippen molar-refractivity contribution in [3.8, 4) is 0 Å². The fourth-order valence-corrected chi connectivity index (χ4v) is 2.57. The Hall–Kier alpha value is -0.610. The molecule has 0 bridgehead atoms. The molecule has 1 saturated heterocycles. The van der Waals surface area contributed by atoms with Crippen LogP contribution < -0.4 is 5.73 Å². The zero-order chi connectivity index (χ0) is 9.42. The minimum atomic E-state index is -0.194. The second-order valence-electron chi connectivity index (χ2n) is 4.07. The van der Waals surface area contributed by atoms with Gasteiger partial charge >= 0.3 is 0 Å². The van der Waals surface area contributed by atoms with Gasteiger partial charge in [0, 0.05) is 19.0 Å². The number of carbonyl (C=O) groups excluding carboxylic acids is 1. The van der Waals surface area contributed by atoms with Crippen molar-refractivity contribution in [2.45, 2.75) is 18.9 Å². The standard InChI is InChI=1S/C9H16N2O2/c10-3-9(13)11-4-6-1-2-8(12)7(6)5-11/h6-8,12H,1-5,10H2. The molecule has 0 radical (unpaired) electrons. The SMILES string of the molecule is NCC(=O)N1CC2CCC(O)C2C1. The number of likely N-dealkylation sites (tertiary alicyclic amines) is 1. The summed E-state index contributed by atoms with van der Waals surface area (Å²) < 4.78 is 0. The van der Waals surface area contributed by atoms with Crippen molar-refractivity contribution in [3.63, 3.8) is 0 Å². The van der Waals surface area contributed by atoms with E-state index in [0.717, 1.165) is 19.4 Å². The third-order valence-electron chi connectivity index (χ3n) is 3.35. The van der Waals surface area contributed by atoms with Crippen LogP contribution >= 0.6 is 0 Å². The van der Waals surface area contributed by atoms with Crippen molar-refractivity contribution in [3.05, 3.63) is 0 Å². The van der Waals surface area contributed by atoms with Crippen molar-refractivity contribution in [2.24, 2.45) is 17.6 Å². The summed E-state index contributed by atoms with van der Waals surface area (Å²) in [5.74, 6) is 0.850. The smallest absolute Gasteiger partial charge is 0.236 e. The minimum Gasteiger partial charge on any atom is -0.393 e. The van der Waals surface area contributed by atoms with Gasteiger partial charge in [-0.15, -0.1) is 0 Å². The molecule has 1 aliphatic heterocycles. The van der Waals surface area contributed by atoms with Crippen LogP contribution in [0.3, 0.4) is 0 Å². The molecule has 3 unspecified atom stereocenters. The zero-order valence-corrected chi connectivity index (χ0v) is 7.65. The molecular weight excluding hydrogens is 168 g/mol. The van der Waals surface area contributed by atoms with Crippen LogP contribution in [0.25, 0.3) is 0 Å². The van der Waals surface area contributed by atoms with Crippen LogP contribution in [0.4, 0.5) is 0 Å². The molecule has 0 spiro atoms. The van der Waals surface area contributed by atoms with Crippen LogP contribution in [0.5, 0.6) is 0 Å². The maximum Gasteiger partial charge on any atom is 0.236 e. The van der Waals surface area contributed by atoms with Gasteiger partial charge in [0.25, 0.3) is 0 Å². The van der Waals surface area contributed by atoms with Gasteiger partial charge in [0.15, 0.2) is 0 Å². The van der Waals surface area contributed by atoms with E-state index in [2.05, 4.69) is 0 Å². The highest BCUT2D eigenvalue weighted by Gasteiger charge is 2.42. The normalized spacial score (nSPS) is 38.0. The molecule has 0 aromatic carbocycles. The number of aliphatic hydroxyl groups is 1. The van der Waals surface area contributed by atoms with Crippen molar-refractivity contribution >= 4 is 5.91 Å². The lowest BCUT2D eigenvalue weighted by Crippen LogP contribution is -2.35. The fraction of sp³-hybridized carbons (Fsp3) is 0.889. The zero-order valence-electron chi connectivity index (χ0n) is 7.65. The largest absolute Gasteiger partial charge is 0.393 e. The minimum absolute atomic E-state index is 0.0154. The maximum atomic E-state index is 11.3. The molecule has 2 fully saturated rings. The molecule has 13 heavy (non-hydrogen) atoms. The van der Waals surface area contributed by atoms with Crippen LogP contribution in [0.15, 0.2) is 0 Å². The number of hydrogen-bond acceptors (Lipinski definition) is 3. The molecule has 4 heteroatoms. The lowest BCUT2D eigenvalue weighted by atomic mass is 10.00. The van der Waals surface area contributed by atoms with E-state index in [1.54, 1.807) is 4.90 Å². The fourth-order valence-electron chi connectivity index (χ4n) is 2.57. The summed E-state index contributed by atoms with van der Waals surface area (Å²) in [5, 5.41) is 9.60. The van der Waals surface area contributed by atoms with E-state index in [1.807, 2.05) is 0 Å². The van der Waals surface area contributed by atoms with Crippen molar-refractivity contribution in [2.75, 3.05) is 19.6 Å². The number of rotatable bonds is 1. The van der Waals surface area contributed by atoms with Gasteiger partial charge in [-0.25, -0.2) is 0 Å². The van der Waals surface area contributed by atoms with E-state index >= 15 is 0 Å². The number of nitrogens with zero attached hydrogens (tertiary/aromatic N) is 1. The van der Waals surface area contributed by atoms with E-state index in [1.165, 1.54) is 0 Å². The van der Waals surface area contributed by atoms with Gasteiger partial charge in [-0.2, -0.15) is 0 Å². The number of amides is 1. The summed E-state index contributed by atoms with van der Waals surface area (Å²) in [6, 6.07) is 0. The molecule has 1 saturated carbocycles. The Morgan fingerprint density at radius 3 is 2.85 bits per heavy atom. The maximum absolute atomic E-state index is 11.3. The van der Waals surface area contributed by atoms with Crippen LogP contribution in [-0.2, 0) is 4.79 Å². The highest BCUT2D eigenvalue weighted by atomic mass is 16.3. The Morgan fingerprint density at radius 2 is 2.23 bits per heavy atom. The number of carbonyl (C=O) groups is 1. The van der Waals surface area contributed by atoms with Crippen LogP contribution in [0.1, 0.15) is 12.8 Å². The third kappa shape index (κ3) is 1.44. The number of fused-ring (bicyclic) bond motifs is 1. The van der Waals surface area contributed by atoms with E-state index < -0.39 is 0 Å². The average Bonchev–Trinajstić information content (AvgIpc) is 2.67. The van der Waals surface area contributed by atoms with E-state index in [9.17, 15) is 9.90 Å². The summed E-state index contributed by atoms with van der Waals surface area (Å²) in [5.41, 5.74) is 5.28. The highest BCUT2D eigenvalue weighted by Crippen LogP contribution is 2.37. The van der Waals surface area contributed by atoms with Gasteiger partial charge in [-0.05, 0) is 18.8 Å². The number of aliphatic hydroxyl groups excluding tert-OH is 1. The topological polar surface area (TPSA) is 66.6 Å². The monoisotopic (exact) mass is 184 g/mol. The summed E-state index contributed by atoms with van der Waals surface area (Å²) in [6.07, 6.45) is 1.76. The predicted molar refractivity (Wildman–Crippen MR) is 47.9 cm³/mol. The van der Waals surface area contributed by atoms with Crippen molar-refractivity contribution in [1.29, 1.82) is 0 Å². The average molecular weight is 184 g/mol. The molecule has 3 atom stereocenters. The molecular formula is C9H16N2O2. The van der Waals surface area contributed by atoms with Crippen molar-refractivity contribution < 1.29 is 9.90 Å². The van der Waals surface area contributed by atoms with Gasteiger partial charge in [-0.3, -0.25) is 4.79 Å². The number of nitrogens with two attached hydrogens (primary N) is 1. The molecule has 0 aromatic rings. The second-order valence-corrected chi connectivity index (χ2v) is 4.07. The Balaban J connectivity index is 1.98. The third-order valence-corrected chi connectivity index (χ3v) is 3.35. The van der Waals surface area contributed by atoms with Gasteiger partial charge in [0.1, 0.15) is 0 Å². The molecule has 2 rings (SSSR count). The first-order valence-corrected chi connectivity index (χ1v) is 4.88. The first-order chi connectivity index (χ1) is 6.22. The molecule has 0 aromatic heterocycles. The molecule has 2 aliphatic rings. The first kappa shape index (κ1) is 8.97. The summed E-state index contributed by atoms with van der Waals surface area (Å²) >= 11 is 0. The molecule has 3 N–H and O–H groups in total. The van der Waals surface area contributed by atoms with Crippen LogP contribution in [-0.4, -0.2) is 41.7 Å². The van der Waals surface area contributed by atoms with Crippen LogP contribution in [0.2, 0.25) is 0 Å². The Morgan fingerprint density at radius 1 is 1.46 bits per heavy atom. The molecule has 4 nitrogen and oxygen atoms in total. The lowest BCUT2D eigenvalue weighted by molar-refractivity contribution is -0.129. The molecule has 1 aliphatic carbocycles. The van der Waals surface area contributed by atoms with Gasteiger partial charge in [-0.1, -0.05) is 0 Å². The van der Waals surface area contributed by atoms with Gasteiger partial charge in [0.2, 0.25) is 5.91 Å². The second kappa shape index (κ2) is 3.27. The Labute approximate surface area is 77.7 Å². The summed E-state index contributed by atoms with van der Waals surface area (Å²) in [4.78, 5) is 13.1. The number of hydrogen-bond donors (Lipinski definition) is 2. The first-order valence-electron chi connectivity index (χ1n) is 4.88.